The Balaban J connectivity index is 1.43. The molecule has 3 nitrogen and oxygen atoms in total. The van der Waals surface area contributed by atoms with Crippen LogP contribution in [-0.2, 0) is 0 Å². The van der Waals surface area contributed by atoms with E-state index in [2.05, 4.69) is 170 Å². The van der Waals surface area contributed by atoms with Gasteiger partial charge in [0.1, 0.15) is 0 Å². The van der Waals surface area contributed by atoms with Crippen molar-refractivity contribution in [2.45, 2.75) is 69.2 Å². The van der Waals surface area contributed by atoms with Gasteiger partial charge in [-0.25, -0.2) is 0 Å². The summed E-state index contributed by atoms with van der Waals surface area (Å²) in [5.74, 6) is 0. The summed E-state index contributed by atoms with van der Waals surface area (Å²) in [5, 5.41) is 19.8. The molecular formula is C54H46B2IN3. The van der Waals surface area contributed by atoms with Gasteiger partial charge in [-0.3, -0.25) is 0 Å². The lowest BCUT2D eigenvalue weighted by Crippen LogP contribution is -2.66. The van der Waals surface area contributed by atoms with E-state index in [9.17, 15) is 10.5 Å². The molecule has 0 saturated carbocycles. The standard InChI is InChI=1S/C54H46B2IN3/c1-29-31(3)35(7)52(36(8)32(29)4)55-46-23-43(41-15-11-13-39(21-41)27-58)17-19-50(46)60-51-20-18-44(42-16-12-14-40(22-42)28-59)24-47(51)56(49-26-45(57)25-48(55)54(49)60)53-37(9)33(5)30(2)34(6)38(53)10/h11-26H,1-10H3. The lowest BCUT2D eigenvalue weighted by molar-refractivity contribution is 1.19. The van der Waals surface area contributed by atoms with Crippen molar-refractivity contribution in [1.29, 1.82) is 10.5 Å². The number of halogens is 1. The van der Waals surface area contributed by atoms with Crippen molar-refractivity contribution in [3.05, 3.63) is 167 Å². The minimum absolute atomic E-state index is 0.0318. The summed E-state index contributed by atoms with van der Waals surface area (Å²) in [6.07, 6.45) is 0. The van der Waals surface area contributed by atoms with Crippen LogP contribution in [0.1, 0.15) is 66.8 Å². The van der Waals surface area contributed by atoms with Crippen molar-refractivity contribution in [1.82, 2.24) is 0 Å². The third kappa shape index (κ3) is 5.90. The molecule has 7 aromatic rings. The largest absolute Gasteiger partial charge is 0.313 e. The molecule has 7 aromatic carbocycles. The monoisotopic (exact) mass is 885 g/mol. The lowest BCUT2D eigenvalue weighted by Gasteiger charge is -2.45. The molecule has 0 aromatic heterocycles. The zero-order valence-corrected chi connectivity index (χ0v) is 38.3. The molecule has 0 atom stereocenters. The Kier molecular flexibility index (Phi) is 9.72. The van der Waals surface area contributed by atoms with E-state index in [4.69, 9.17) is 0 Å². The number of hydrogen-bond donors (Lipinski definition) is 0. The molecule has 6 heteroatoms. The summed E-state index contributed by atoms with van der Waals surface area (Å²) in [7, 11) is 0. The highest BCUT2D eigenvalue weighted by atomic mass is 127. The molecule has 0 saturated heterocycles. The van der Waals surface area contributed by atoms with E-state index in [1.165, 1.54) is 109 Å². The first-order chi connectivity index (χ1) is 28.7. The minimum Gasteiger partial charge on any atom is -0.313 e. The van der Waals surface area contributed by atoms with Crippen LogP contribution >= 0.6 is 22.6 Å². The molecule has 9 rings (SSSR count). The second-order valence-corrected chi connectivity index (χ2v) is 18.4. The van der Waals surface area contributed by atoms with Crippen LogP contribution in [0.5, 0.6) is 0 Å². The van der Waals surface area contributed by atoms with E-state index >= 15 is 0 Å². The van der Waals surface area contributed by atoms with Gasteiger partial charge >= 0.3 is 0 Å². The zero-order chi connectivity index (χ0) is 42.5. The number of rotatable bonds is 4. The Bertz CT molecular complexity index is 2850. The van der Waals surface area contributed by atoms with E-state index in [0.29, 0.717) is 11.1 Å². The first kappa shape index (κ1) is 39.6. The summed E-state index contributed by atoms with van der Waals surface area (Å²) in [6.45, 7) is 22.9. The van der Waals surface area contributed by atoms with Crippen LogP contribution in [0.25, 0.3) is 22.3 Å². The molecule has 2 aliphatic rings. The molecule has 2 aliphatic heterocycles. The molecule has 60 heavy (non-hydrogen) atoms. The summed E-state index contributed by atoms with van der Waals surface area (Å²) in [6, 6.07) is 39.5. The normalized spacial score (nSPS) is 12.4. The van der Waals surface area contributed by atoms with Gasteiger partial charge in [0, 0.05) is 20.6 Å². The van der Waals surface area contributed by atoms with Crippen molar-refractivity contribution in [2.24, 2.45) is 0 Å². The van der Waals surface area contributed by atoms with Crippen LogP contribution in [0.2, 0.25) is 0 Å². The van der Waals surface area contributed by atoms with Gasteiger partial charge in [-0.1, -0.05) is 93.8 Å². The number of nitriles is 2. The number of hydrogen-bond acceptors (Lipinski definition) is 3. The molecule has 290 valence electrons. The molecule has 2 heterocycles. The van der Waals surface area contributed by atoms with Gasteiger partial charge in [0.25, 0.3) is 0 Å². The topological polar surface area (TPSA) is 50.8 Å². The van der Waals surface area contributed by atoms with Crippen LogP contribution in [0.3, 0.4) is 0 Å². The third-order valence-corrected chi connectivity index (χ3v) is 15.1. The molecular weight excluding hydrogens is 839 g/mol. The number of fused-ring (bicyclic) bond motifs is 4. The van der Waals surface area contributed by atoms with Crippen molar-refractivity contribution < 1.29 is 0 Å². The van der Waals surface area contributed by atoms with E-state index < -0.39 is 0 Å². The SMILES string of the molecule is Cc1c(C)c(C)c(B2c3cc(-c4cccc(C#N)c4)ccc3N3c4ccc(-c5cccc(C#N)c5)cc4B(c4c(C)c(C)c(C)c(C)c4C)c4cc(I)cc2c43)c(C)c1C. The van der Waals surface area contributed by atoms with Crippen molar-refractivity contribution in [3.8, 4) is 34.4 Å². The lowest BCUT2D eigenvalue weighted by atomic mass is 9.29. The molecule has 0 bridgehead atoms. The average Bonchev–Trinajstić information content (AvgIpc) is 3.27. The first-order valence-corrected chi connectivity index (χ1v) is 21.9. The second-order valence-electron chi connectivity index (χ2n) is 17.1. The Morgan fingerprint density at radius 3 is 1.13 bits per heavy atom. The summed E-state index contributed by atoms with van der Waals surface area (Å²) >= 11 is 2.56. The quantitative estimate of drug-likeness (QED) is 0.131. The Labute approximate surface area is 370 Å². The maximum atomic E-state index is 9.88. The highest BCUT2D eigenvalue weighted by molar-refractivity contribution is 14.1. The Morgan fingerprint density at radius 2 is 0.767 bits per heavy atom. The molecule has 0 N–H and O–H groups in total. The molecule has 0 radical (unpaired) electrons. The molecule has 0 aliphatic carbocycles. The minimum atomic E-state index is -0.0318. The number of nitrogens with zero attached hydrogens (tertiary/aromatic N) is 3. The van der Waals surface area contributed by atoms with E-state index in [1.54, 1.807) is 0 Å². The highest BCUT2D eigenvalue weighted by Gasteiger charge is 2.45. The van der Waals surface area contributed by atoms with Crippen LogP contribution in [0.15, 0.2) is 97.1 Å². The van der Waals surface area contributed by atoms with Gasteiger partial charge in [-0.15, -0.1) is 0 Å². The smallest absolute Gasteiger partial charge is 0.247 e. The summed E-state index contributed by atoms with van der Waals surface area (Å²) in [5.41, 5.74) is 30.6. The van der Waals surface area contributed by atoms with E-state index in [1.807, 2.05) is 36.4 Å². The zero-order valence-electron chi connectivity index (χ0n) is 36.1. The van der Waals surface area contributed by atoms with E-state index in [-0.39, 0.29) is 13.4 Å². The number of anilines is 3. The van der Waals surface area contributed by atoms with Crippen molar-refractivity contribution in [3.63, 3.8) is 0 Å². The summed E-state index contributed by atoms with van der Waals surface area (Å²) < 4.78 is 1.21. The predicted octanol–water partition coefficient (Wildman–Crippen LogP) is 9.58. The van der Waals surface area contributed by atoms with Gasteiger partial charge in [-0.2, -0.15) is 10.5 Å². The predicted molar refractivity (Wildman–Crippen MR) is 264 cm³/mol. The molecule has 0 amide bonds. The Hall–Kier alpha value is -5.82. The van der Waals surface area contributed by atoms with Crippen molar-refractivity contribution >= 4 is 85.9 Å². The molecule has 0 spiro atoms. The number of benzene rings is 7. The van der Waals surface area contributed by atoms with Crippen LogP contribution in [0.4, 0.5) is 17.1 Å². The van der Waals surface area contributed by atoms with Crippen LogP contribution in [-0.4, -0.2) is 13.4 Å². The van der Waals surface area contributed by atoms with Gasteiger partial charge in [0.15, 0.2) is 0 Å². The van der Waals surface area contributed by atoms with Crippen molar-refractivity contribution in [2.75, 3.05) is 4.90 Å². The van der Waals surface area contributed by atoms with Gasteiger partial charge in [0.05, 0.1) is 23.3 Å². The van der Waals surface area contributed by atoms with Gasteiger partial charge in [-0.05, 0) is 206 Å². The Morgan fingerprint density at radius 1 is 0.417 bits per heavy atom. The average molecular weight is 886 g/mol. The maximum Gasteiger partial charge on any atom is 0.247 e. The molecule has 0 unspecified atom stereocenters. The van der Waals surface area contributed by atoms with E-state index in [0.717, 1.165) is 22.3 Å². The van der Waals surface area contributed by atoms with Gasteiger partial charge < -0.3 is 4.90 Å². The second kappa shape index (κ2) is 14.7. The van der Waals surface area contributed by atoms with Crippen LogP contribution < -0.4 is 37.7 Å². The fraction of sp³-hybridized carbons (Fsp3) is 0.185. The molecule has 0 fully saturated rings. The fourth-order valence-electron chi connectivity index (χ4n) is 10.5. The summed E-state index contributed by atoms with van der Waals surface area (Å²) in [4.78, 5) is 2.56. The van der Waals surface area contributed by atoms with Gasteiger partial charge in [0.2, 0.25) is 13.4 Å². The fourth-order valence-corrected chi connectivity index (χ4v) is 11.1. The third-order valence-electron chi connectivity index (χ3n) is 14.5. The maximum absolute atomic E-state index is 9.88. The highest BCUT2D eigenvalue weighted by Crippen LogP contribution is 2.41. The van der Waals surface area contributed by atoms with Crippen LogP contribution in [0, 0.1) is 95.5 Å². The first-order valence-electron chi connectivity index (χ1n) is 20.8.